The second kappa shape index (κ2) is 8.29. The Kier molecular flexibility index (Phi) is 5.75. The molecule has 2 aliphatic rings. The van der Waals surface area contributed by atoms with E-state index in [1.807, 2.05) is 0 Å². The topological polar surface area (TPSA) is 73.0 Å². The van der Waals surface area contributed by atoms with Gasteiger partial charge in [0, 0.05) is 38.4 Å². The number of benzene rings is 1. The molecule has 0 spiro atoms. The van der Waals surface area contributed by atoms with E-state index in [1.165, 1.54) is 29.5 Å². The van der Waals surface area contributed by atoms with Crippen molar-refractivity contribution in [2.45, 2.75) is 17.7 Å². The number of thiophene rings is 1. The van der Waals surface area contributed by atoms with E-state index in [0.717, 1.165) is 49.1 Å². The van der Waals surface area contributed by atoms with Crippen LogP contribution in [-0.2, 0) is 10.0 Å². The van der Waals surface area contributed by atoms with Crippen LogP contribution in [-0.4, -0.2) is 62.9 Å². The molecule has 0 atom stereocenters. The number of rotatable bonds is 6. The fraction of sp³-hybridized carbons (Fsp3) is 0.421. The second-order valence-electron chi connectivity index (χ2n) is 7.13. The average molecular weight is 439 g/mol. The summed E-state index contributed by atoms with van der Waals surface area (Å²) in [7, 11) is -3.75. The lowest BCUT2D eigenvalue weighted by Gasteiger charge is -2.36. The molecule has 0 radical (unpaired) electrons. The van der Waals surface area contributed by atoms with Gasteiger partial charge in [-0.1, -0.05) is 0 Å². The van der Waals surface area contributed by atoms with Crippen LogP contribution >= 0.6 is 11.3 Å². The highest BCUT2D eigenvalue weighted by molar-refractivity contribution is 7.90. The highest BCUT2D eigenvalue weighted by Crippen LogP contribution is 2.34. The Morgan fingerprint density at radius 3 is 2.41 bits per heavy atom. The summed E-state index contributed by atoms with van der Waals surface area (Å²) in [5, 5.41) is 4.70. The summed E-state index contributed by atoms with van der Waals surface area (Å²) >= 11 is 1.21. The predicted octanol–water partition coefficient (Wildman–Crippen LogP) is 3.03. The molecule has 0 unspecified atom stereocenters. The lowest BCUT2D eigenvalue weighted by Crippen LogP contribution is -2.47. The van der Waals surface area contributed by atoms with Gasteiger partial charge in [0.15, 0.2) is 0 Å². The number of carbonyl (C=O) groups is 1. The highest BCUT2D eigenvalue weighted by Gasteiger charge is 2.36. The summed E-state index contributed by atoms with van der Waals surface area (Å²) in [6, 6.07) is 7.51. The number of urea groups is 1. The zero-order valence-electron chi connectivity index (χ0n) is 15.9. The number of nitrogens with one attached hydrogen (secondary N) is 1. The van der Waals surface area contributed by atoms with Crippen molar-refractivity contribution in [3.8, 4) is 0 Å². The number of hydrogen-bond acceptors (Lipinski definition) is 6. The molecule has 156 valence electrons. The number of hydrogen-bond donors (Lipinski definition) is 1. The molecule has 0 bridgehead atoms. The van der Waals surface area contributed by atoms with E-state index < -0.39 is 16.1 Å². The van der Waals surface area contributed by atoms with Crippen LogP contribution in [0.1, 0.15) is 12.8 Å². The smallest absolute Gasteiger partial charge is 0.336 e. The third kappa shape index (κ3) is 4.24. The molecular weight excluding hydrogens is 415 g/mol. The van der Waals surface area contributed by atoms with Crippen LogP contribution in [0.25, 0.3) is 0 Å². The summed E-state index contributed by atoms with van der Waals surface area (Å²) in [4.78, 5) is 16.9. The summed E-state index contributed by atoms with van der Waals surface area (Å²) in [6.45, 7) is 4.58. The number of piperazine rings is 1. The molecule has 10 heteroatoms. The van der Waals surface area contributed by atoms with E-state index in [1.54, 1.807) is 17.5 Å². The zero-order valence-corrected chi connectivity index (χ0v) is 17.5. The molecule has 29 heavy (non-hydrogen) atoms. The van der Waals surface area contributed by atoms with Crippen molar-refractivity contribution < 1.29 is 17.6 Å². The SMILES string of the molecule is O=C1Nc2sccc2S(=O)(=O)N1CCCCN1CCN(c2ccc(F)cc2)CC1. The Labute approximate surface area is 173 Å². The van der Waals surface area contributed by atoms with Gasteiger partial charge in [-0.25, -0.2) is 21.9 Å². The maximum atomic E-state index is 13.1. The Morgan fingerprint density at radius 1 is 1.00 bits per heavy atom. The first-order valence-corrected chi connectivity index (χ1v) is 11.9. The Bertz CT molecular complexity index is 970. The van der Waals surface area contributed by atoms with Gasteiger partial charge in [-0.3, -0.25) is 10.2 Å². The molecule has 2 aromatic rings. The van der Waals surface area contributed by atoms with Gasteiger partial charge in [0.05, 0.1) is 0 Å². The van der Waals surface area contributed by atoms with Crippen molar-refractivity contribution >= 4 is 38.1 Å². The number of amides is 2. The number of nitrogens with zero attached hydrogens (tertiary/aromatic N) is 3. The van der Waals surface area contributed by atoms with Crippen molar-refractivity contribution in [1.82, 2.24) is 9.21 Å². The largest absolute Gasteiger partial charge is 0.369 e. The minimum absolute atomic E-state index is 0.180. The predicted molar refractivity (Wildman–Crippen MR) is 112 cm³/mol. The molecule has 3 heterocycles. The number of halogens is 1. The molecule has 0 aliphatic carbocycles. The third-order valence-electron chi connectivity index (χ3n) is 5.29. The van der Waals surface area contributed by atoms with Gasteiger partial charge in [0.1, 0.15) is 15.7 Å². The molecule has 1 saturated heterocycles. The molecule has 1 fully saturated rings. The number of sulfonamides is 1. The number of fused-ring (bicyclic) bond motifs is 1. The fourth-order valence-corrected chi connectivity index (χ4v) is 6.29. The monoisotopic (exact) mass is 438 g/mol. The Hall–Kier alpha value is -2.17. The van der Waals surface area contributed by atoms with E-state index in [9.17, 15) is 17.6 Å². The van der Waals surface area contributed by atoms with Crippen molar-refractivity contribution in [1.29, 1.82) is 0 Å². The van der Waals surface area contributed by atoms with E-state index >= 15 is 0 Å². The van der Waals surface area contributed by atoms with Crippen LogP contribution < -0.4 is 10.2 Å². The normalized spacial score (nSPS) is 19.1. The minimum Gasteiger partial charge on any atom is -0.369 e. The van der Waals surface area contributed by atoms with E-state index in [2.05, 4.69) is 15.1 Å². The van der Waals surface area contributed by atoms with Gasteiger partial charge in [-0.15, -0.1) is 11.3 Å². The number of unbranched alkanes of at least 4 members (excludes halogenated alkanes) is 1. The van der Waals surface area contributed by atoms with Crippen LogP contribution in [0.4, 0.5) is 19.9 Å². The molecule has 4 rings (SSSR count). The number of anilines is 2. The summed E-state index contributed by atoms with van der Waals surface area (Å²) in [6.07, 6.45) is 1.43. The van der Waals surface area contributed by atoms with Crippen LogP contribution in [0, 0.1) is 5.82 Å². The van der Waals surface area contributed by atoms with Crippen LogP contribution in [0.3, 0.4) is 0 Å². The lowest BCUT2D eigenvalue weighted by atomic mass is 10.2. The van der Waals surface area contributed by atoms with Crippen molar-refractivity contribution in [2.24, 2.45) is 0 Å². The van der Waals surface area contributed by atoms with Gasteiger partial charge in [-0.2, -0.15) is 0 Å². The van der Waals surface area contributed by atoms with Crippen molar-refractivity contribution in [3.63, 3.8) is 0 Å². The van der Waals surface area contributed by atoms with Crippen LogP contribution in [0.15, 0.2) is 40.6 Å². The third-order valence-corrected chi connectivity index (χ3v) is 8.08. The zero-order chi connectivity index (χ0) is 20.4. The first-order chi connectivity index (χ1) is 13.9. The quantitative estimate of drug-likeness (QED) is 0.702. The van der Waals surface area contributed by atoms with Crippen LogP contribution in [0.2, 0.25) is 0 Å². The standard InChI is InChI=1S/C19H23FN4O3S2/c20-15-3-5-16(6-4-15)23-12-10-22(11-13-23)8-1-2-9-24-19(25)21-18-17(7-14-28-18)29(24,26)27/h3-7,14H,1-2,8-13H2,(H,21,25). The molecule has 1 N–H and O–H groups in total. The van der Waals surface area contributed by atoms with E-state index in [4.69, 9.17) is 0 Å². The average Bonchev–Trinajstić information content (AvgIpc) is 3.18. The fourth-order valence-electron chi connectivity index (χ4n) is 3.67. The Balaban J connectivity index is 1.23. The lowest BCUT2D eigenvalue weighted by molar-refractivity contribution is 0.230. The molecule has 0 saturated carbocycles. The molecular formula is C19H23FN4O3S2. The minimum atomic E-state index is -3.75. The highest BCUT2D eigenvalue weighted by atomic mass is 32.2. The van der Waals surface area contributed by atoms with Gasteiger partial charge >= 0.3 is 6.03 Å². The maximum absolute atomic E-state index is 13.1. The summed E-state index contributed by atoms with van der Waals surface area (Å²) < 4.78 is 39.2. The van der Waals surface area contributed by atoms with Gasteiger partial charge in [0.25, 0.3) is 10.0 Å². The first-order valence-electron chi connectivity index (χ1n) is 9.59. The molecule has 2 amide bonds. The summed E-state index contributed by atoms with van der Waals surface area (Å²) in [5.74, 6) is -0.230. The second-order valence-corrected chi connectivity index (χ2v) is 9.88. The molecule has 1 aromatic carbocycles. The van der Waals surface area contributed by atoms with Gasteiger partial charge in [-0.05, 0) is 55.1 Å². The van der Waals surface area contributed by atoms with Crippen molar-refractivity contribution in [2.75, 3.05) is 49.5 Å². The van der Waals surface area contributed by atoms with E-state index in [0.29, 0.717) is 11.4 Å². The molecule has 2 aliphatic heterocycles. The first kappa shape index (κ1) is 20.1. The van der Waals surface area contributed by atoms with Gasteiger partial charge < -0.3 is 4.90 Å². The molecule has 1 aromatic heterocycles. The van der Waals surface area contributed by atoms with Gasteiger partial charge in [0.2, 0.25) is 0 Å². The molecule has 7 nitrogen and oxygen atoms in total. The van der Waals surface area contributed by atoms with Crippen LogP contribution in [0.5, 0.6) is 0 Å². The van der Waals surface area contributed by atoms with Crippen molar-refractivity contribution in [3.05, 3.63) is 41.5 Å². The number of carbonyl (C=O) groups excluding carboxylic acids is 1. The van der Waals surface area contributed by atoms with E-state index in [-0.39, 0.29) is 17.3 Å². The maximum Gasteiger partial charge on any atom is 0.336 e. The Morgan fingerprint density at radius 2 is 1.69 bits per heavy atom. The summed E-state index contributed by atoms with van der Waals surface area (Å²) in [5.41, 5.74) is 1.03.